The molecule has 0 aliphatic carbocycles. The van der Waals surface area contributed by atoms with Crippen molar-refractivity contribution in [1.82, 2.24) is 15.3 Å². The molecular formula is C39H51N5O5S. The van der Waals surface area contributed by atoms with E-state index in [1.165, 1.54) is 37.0 Å². The van der Waals surface area contributed by atoms with E-state index >= 15 is 0 Å². The lowest BCUT2D eigenvalue weighted by molar-refractivity contribution is -0.137. The molecule has 2 heterocycles. The number of hydrogen-bond donors (Lipinski definition) is 4. The summed E-state index contributed by atoms with van der Waals surface area (Å²) in [5, 5.41) is 10.8. The van der Waals surface area contributed by atoms with Crippen LogP contribution in [0.4, 0.5) is 0 Å². The van der Waals surface area contributed by atoms with Crippen molar-refractivity contribution in [3.05, 3.63) is 88.4 Å². The van der Waals surface area contributed by atoms with Crippen LogP contribution in [0.5, 0.6) is 5.75 Å². The Balaban J connectivity index is 0.000000872. The second-order valence-electron chi connectivity index (χ2n) is 13.1. The summed E-state index contributed by atoms with van der Waals surface area (Å²) in [6, 6.07) is 18.6. The highest BCUT2D eigenvalue weighted by atomic mass is 32.1. The number of aliphatic carboxylic acids is 1. The van der Waals surface area contributed by atoms with Gasteiger partial charge >= 0.3 is 5.97 Å². The molecule has 268 valence electrons. The molecule has 0 saturated heterocycles. The quantitative estimate of drug-likeness (QED) is 0.0841. The summed E-state index contributed by atoms with van der Waals surface area (Å²) in [6.45, 7) is 9.72. The van der Waals surface area contributed by atoms with Gasteiger partial charge in [-0.05, 0) is 60.2 Å². The molecular weight excluding hydrogens is 651 g/mol. The number of nitrogens with two attached hydrogens (primary N) is 2. The normalized spacial score (nSPS) is 11.6. The van der Waals surface area contributed by atoms with Crippen molar-refractivity contribution in [2.24, 2.45) is 11.5 Å². The zero-order chi connectivity index (χ0) is 36.5. The third kappa shape index (κ3) is 13.4. The Morgan fingerprint density at radius 1 is 0.860 bits per heavy atom. The van der Waals surface area contributed by atoms with E-state index in [9.17, 15) is 14.4 Å². The van der Waals surface area contributed by atoms with E-state index in [0.717, 1.165) is 45.9 Å². The van der Waals surface area contributed by atoms with Crippen molar-refractivity contribution in [2.45, 2.75) is 90.5 Å². The molecule has 4 aromatic rings. The van der Waals surface area contributed by atoms with Crippen molar-refractivity contribution in [3.63, 3.8) is 0 Å². The second-order valence-corrected chi connectivity index (χ2v) is 14.2. The molecule has 2 amide bonds. The van der Waals surface area contributed by atoms with Crippen LogP contribution in [-0.4, -0.2) is 52.1 Å². The number of ether oxygens (including phenoxy) is 1. The van der Waals surface area contributed by atoms with Gasteiger partial charge in [0.1, 0.15) is 11.8 Å². The number of thiophene rings is 1. The number of hydrogen-bond acceptors (Lipinski definition) is 8. The van der Waals surface area contributed by atoms with Gasteiger partial charge in [0.05, 0.1) is 11.5 Å². The molecule has 0 fully saturated rings. The Labute approximate surface area is 299 Å². The average Bonchev–Trinajstić information content (AvgIpc) is 3.61. The van der Waals surface area contributed by atoms with E-state index in [2.05, 4.69) is 43.0 Å². The lowest BCUT2D eigenvalue weighted by Crippen LogP contribution is -2.45. The Morgan fingerprint density at radius 2 is 1.50 bits per heavy atom. The van der Waals surface area contributed by atoms with Crippen molar-refractivity contribution in [1.29, 1.82) is 0 Å². The average molecular weight is 702 g/mol. The van der Waals surface area contributed by atoms with Crippen LogP contribution in [0, 0.1) is 0 Å². The number of nitrogens with zero attached hydrogens (tertiary/aromatic N) is 2. The Morgan fingerprint density at radius 3 is 2.04 bits per heavy atom. The fourth-order valence-corrected chi connectivity index (χ4v) is 5.83. The standard InChI is InChI=1S/C35H42N4O3S.C4H9NO2/c1-5-6-7-8-9-20-42-28-16-14-25(15-17-28)27-22-37-33(38-23-27)26-12-10-24(11-13-26)21-29(32(36)40)39-34(41)30-18-19-31(43-30)35(2,3)4;5-3-1-2-4(6)7/h10-19,22-23,29H,5-9,20-21H2,1-4H3,(H2,36,40)(H,39,41);1-3,5H2,(H,6,7). The predicted molar refractivity (Wildman–Crippen MR) is 200 cm³/mol. The van der Waals surface area contributed by atoms with Crippen LogP contribution in [0.15, 0.2) is 73.1 Å². The van der Waals surface area contributed by atoms with E-state index in [1.54, 1.807) is 6.07 Å². The molecule has 4 rings (SSSR count). The topological polar surface area (TPSA) is 171 Å². The van der Waals surface area contributed by atoms with Crippen LogP contribution >= 0.6 is 11.3 Å². The molecule has 0 aliphatic rings. The van der Waals surface area contributed by atoms with E-state index < -0.39 is 17.9 Å². The summed E-state index contributed by atoms with van der Waals surface area (Å²) in [5.41, 5.74) is 14.3. The van der Waals surface area contributed by atoms with Gasteiger partial charge in [-0.25, -0.2) is 9.97 Å². The largest absolute Gasteiger partial charge is 0.494 e. The summed E-state index contributed by atoms with van der Waals surface area (Å²) in [4.78, 5) is 45.5. The molecule has 0 aliphatic heterocycles. The first-order chi connectivity index (χ1) is 23.9. The lowest BCUT2D eigenvalue weighted by Gasteiger charge is -2.16. The number of carboxylic acids is 1. The first-order valence-electron chi connectivity index (χ1n) is 17.2. The molecule has 0 radical (unpaired) electrons. The van der Waals surface area contributed by atoms with Gasteiger partial charge in [-0.2, -0.15) is 0 Å². The number of benzene rings is 2. The van der Waals surface area contributed by atoms with E-state index in [0.29, 0.717) is 23.7 Å². The summed E-state index contributed by atoms with van der Waals surface area (Å²) >= 11 is 1.43. The summed E-state index contributed by atoms with van der Waals surface area (Å²) < 4.78 is 5.87. The van der Waals surface area contributed by atoms with Gasteiger partial charge in [0.25, 0.3) is 5.91 Å². The van der Waals surface area contributed by atoms with Crippen LogP contribution in [0.1, 0.15) is 92.8 Å². The first kappa shape index (κ1) is 39.8. The number of carboxylic acid groups (broad SMARTS) is 1. The first-order valence-corrected chi connectivity index (χ1v) is 18.0. The lowest BCUT2D eigenvalue weighted by atomic mass is 9.95. The zero-order valence-electron chi connectivity index (χ0n) is 29.6. The maximum atomic E-state index is 12.8. The maximum Gasteiger partial charge on any atom is 0.303 e. The minimum Gasteiger partial charge on any atom is -0.494 e. The molecule has 2 aromatic carbocycles. The summed E-state index contributed by atoms with van der Waals surface area (Å²) in [6.07, 6.45) is 10.8. The molecule has 0 saturated carbocycles. The van der Waals surface area contributed by atoms with Crippen molar-refractivity contribution < 1.29 is 24.2 Å². The molecule has 10 nitrogen and oxygen atoms in total. The number of carbonyl (C=O) groups is 3. The second kappa shape index (κ2) is 20.2. The van der Waals surface area contributed by atoms with Crippen molar-refractivity contribution in [3.8, 4) is 28.3 Å². The number of primary amides is 1. The van der Waals surface area contributed by atoms with Gasteiger partial charge < -0.3 is 26.6 Å². The van der Waals surface area contributed by atoms with Crippen LogP contribution < -0.4 is 21.5 Å². The maximum absolute atomic E-state index is 12.8. The molecule has 1 unspecified atom stereocenters. The Bertz CT molecular complexity index is 1630. The number of aromatic nitrogens is 2. The highest BCUT2D eigenvalue weighted by molar-refractivity contribution is 7.14. The van der Waals surface area contributed by atoms with Gasteiger partial charge in [-0.1, -0.05) is 89.8 Å². The summed E-state index contributed by atoms with van der Waals surface area (Å²) in [5.74, 6) is -0.174. The smallest absolute Gasteiger partial charge is 0.303 e. The molecule has 2 aromatic heterocycles. The Kier molecular flexibility index (Phi) is 16.1. The van der Waals surface area contributed by atoms with Crippen LogP contribution in [-0.2, 0) is 21.4 Å². The Hall–Kier alpha value is -4.61. The van der Waals surface area contributed by atoms with E-state index in [-0.39, 0.29) is 24.2 Å². The highest BCUT2D eigenvalue weighted by Crippen LogP contribution is 2.29. The minimum atomic E-state index is -0.823. The van der Waals surface area contributed by atoms with Gasteiger partial charge in [0.15, 0.2) is 5.82 Å². The van der Waals surface area contributed by atoms with Gasteiger partial charge in [0, 0.05) is 41.2 Å². The monoisotopic (exact) mass is 701 g/mol. The highest BCUT2D eigenvalue weighted by Gasteiger charge is 2.23. The number of unbranched alkanes of at least 4 members (excludes halogenated alkanes) is 4. The van der Waals surface area contributed by atoms with Crippen LogP contribution in [0.3, 0.4) is 0 Å². The zero-order valence-corrected chi connectivity index (χ0v) is 30.4. The fourth-order valence-electron chi connectivity index (χ4n) is 4.86. The minimum absolute atomic E-state index is 0.0498. The SMILES string of the molecule is CCCCCCCOc1ccc(-c2cnc(-c3ccc(CC(NC(=O)c4ccc(C(C)(C)C)s4)C(N)=O)cc3)nc2)cc1.NCCCC(=O)O. The molecule has 11 heteroatoms. The molecule has 6 N–H and O–H groups in total. The molecule has 0 bridgehead atoms. The van der Waals surface area contributed by atoms with Crippen molar-refractivity contribution >= 4 is 29.1 Å². The number of rotatable bonds is 17. The van der Waals surface area contributed by atoms with E-state index in [1.807, 2.05) is 67.0 Å². The van der Waals surface area contributed by atoms with Crippen LogP contribution in [0.25, 0.3) is 22.5 Å². The fraction of sp³-hybridized carbons (Fsp3) is 0.410. The predicted octanol–water partition coefficient (Wildman–Crippen LogP) is 7.16. The number of amides is 2. The van der Waals surface area contributed by atoms with Gasteiger partial charge in [-0.15, -0.1) is 11.3 Å². The molecule has 50 heavy (non-hydrogen) atoms. The van der Waals surface area contributed by atoms with Crippen LogP contribution in [0.2, 0.25) is 0 Å². The molecule has 0 spiro atoms. The third-order valence-corrected chi connectivity index (χ3v) is 9.33. The van der Waals surface area contributed by atoms with Gasteiger partial charge in [0.2, 0.25) is 5.91 Å². The van der Waals surface area contributed by atoms with Gasteiger partial charge in [-0.3, -0.25) is 14.4 Å². The summed E-state index contributed by atoms with van der Waals surface area (Å²) in [7, 11) is 0. The number of carbonyl (C=O) groups excluding carboxylic acids is 2. The number of nitrogens with one attached hydrogen (secondary N) is 1. The van der Waals surface area contributed by atoms with Crippen molar-refractivity contribution in [2.75, 3.05) is 13.2 Å². The molecule has 1 atom stereocenters. The third-order valence-electron chi connectivity index (χ3n) is 7.82. The van der Waals surface area contributed by atoms with E-state index in [4.69, 9.17) is 21.3 Å².